The van der Waals surface area contributed by atoms with Crippen molar-refractivity contribution in [2.75, 3.05) is 19.8 Å². The Morgan fingerprint density at radius 3 is 2.52 bits per heavy atom. The molecule has 122 valence electrons. The van der Waals surface area contributed by atoms with Crippen LogP contribution in [0.2, 0.25) is 0 Å². The van der Waals surface area contributed by atoms with Crippen LogP contribution in [0.1, 0.15) is 46.0 Å². The van der Waals surface area contributed by atoms with E-state index in [0.29, 0.717) is 12.5 Å². The Morgan fingerprint density at radius 1 is 1.29 bits per heavy atom. The number of terminal acetylenes is 1. The highest BCUT2D eigenvalue weighted by molar-refractivity contribution is 4.99. The highest BCUT2D eigenvalue weighted by Gasteiger charge is 2.49. The van der Waals surface area contributed by atoms with Crippen LogP contribution in [0.5, 0.6) is 0 Å². The molecule has 3 N–H and O–H groups in total. The van der Waals surface area contributed by atoms with Crippen LogP contribution in [-0.4, -0.2) is 46.8 Å². The summed E-state index contributed by atoms with van der Waals surface area (Å²) in [5.41, 5.74) is -0.703. The summed E-state index contributed by atoms with van der Waals surface area (Å²) in [6.07, 6.45) is 10.2. The van der Waals surface area contributed by atoms with Crippen LogP contribution in [0.25, 0.3) is 0 Å². The van der Waals surface area contributed by atoms with Gasteiger partial charge in [0.05, 0.1) is 18.3 Å². The van der Waals surface area contributed by atoms with E-state index in [4.69, 9.17) is 9.84 Å². The lowest BCUT2D eigenvalue weighted by Crippen LogP contribution is -2.53. The Bertz CT molecular complexity index is 338. The van der Waals surface area contributed by atoms with E-state index >= 15 is 0 Å². The third kappa shape index (κ3) is 4.69. The first-order valence-electron chi connectivity index (χ1n) is 7.98. The predicted molar refractivity (Wildman–Crippen MR) is 82.6 cm³/mol. The fourth-order valence-electron chi connectivity index (χ4n) is 3.71. The van der Waals surface area contributed by atoms with E-state index in [9.17, 15) is 10.2 Å². The molecule has 4 nitrogen and oxygen atoms in total. The third-order valence-corrected chi connectivity index (χ3v) is 5.00. The van der Waals surface area contributed by atoms with E-state index < -0.39 is 5.60 Å². The molecule has 0 aromatic carbocycles. The SMILES string of the molecule is C#CCO.CC1CCC2CCC[C@@H](C(C)CO)[C@@]2(O)CO1. The molecule has 1 saturated carbocycles. The van der Waals surface area contributed by atoms with E-state index in [-0.39, 0.29) is 31.2 Å². The number of aliphatic hydroxyl groups is 3. The van der Waals surface area contributed by atoms with Gasteiger partial charge in [-0.1, -0.05) is 19.3 Å². The van der Waals surface area contributed by atoms with Crippen LogP contribution < -0.4 is 0 Å². The van der Waals surface area contributed by atoms with Gasteiger partial charge >= 0.3 is 0 Å². The maximum Gasteiger partial charge on any atom is 0.103 e. The quantitative estimate of drug-likeness (QED) is 0.677. The lowest BCUT2D eigenvalue weighted by atomic mass is 9.63. The smallest absolute Gasteiger partial charge is 0.103 e. The Labute approximate surface area is 128 Å². The van der Waals surface area contributed by atoms with Crippen LogP contribution in [0.3, 0.4) is 0 Å². The van der Waals surface area contributed by atoms with E-state index in [1.807, 2.05) is 12.8 Å². The standard InChI is InChI=1S/C14H26O3.C3H4O/c1-10(8-15)13-5-3-4-12-7-6-11(2)17-9-14(12,13)16;1-2-3-4/h10-13,15-16H,3-9H2,1-2H3;1,4H,3H2/t10?,11?,12?,13-,14+;/m0./s1. The van der Waals surface area contributed by atoms with Gasteiger partial charge in [0, 0.05) is 6.61 Å². The zero-order valence-corrected chi connectivity index (χ0v) is 13.3. The van der Waals surface area contributed by atoms with Gasteiger partial charge in [0.25, 0.3) is 0 Å². The van der Waals surface area contributed by atoms with Gasteiger partial charge in [0.2, 0.25) is 0 Å². The van der Waals surface area contributed by atoms with Crippen LogP contribution in [-0.2, 0) is 4.74 Å². The second-order valence-electron chi connectivity index (χ2n) is 6.45. The fourth-order valence-corrected chi connectivity index (χ4v) is 3.71. The highest BCUT2D eigenvalue weighted by Crippen LogP contribution is 2.46. The van der Waals surface area contributed by atoms with Crippen molar-refractivity contribution in [2.45, 2.75) is 57.7 Å². The summed E-state index contributed by atoms with van der Waals surface area (Å²) in [5.74, 6) is 2.71. The second kappa shape index (κ2) is 8.75. The van der Waals surface area contributed by atoms with E-state index in [0.717, 1.165) is 25.7 Å². The van der Waals surface area contributed by atoms with Gasteiger partial charge in [-0.25, -0.2) is 0 Å². The van der Waals surface area contributed by atoms with Gasteiger partial charge in [-0.3, -0.25) is 0 Å². The molecule has 1 saturated heterocycles. The first-order valence-corrected chi connectivity index (χ1v) is 7.98. The average Bonchev–Trinajstić information content (AvgIpc) is 2.66. The Balaban J connectivity index is 0.000000491. The monoisotopic (exact) mass is 298 g/mol. The topological polar surface area (TPSA) is 69.9 Å². The molecule has 1 heterocycles. The Morgan fingerprint density at radius 2 is 1.95 bits per heavy atom. The normalized spacial score (nSPS) is 37.2. The van der Waals surface area contributed by atoms with Gasteiger partial charge < -0.3 is 20.1 Å². The molecule has 21 heavy (non-hydrogen) atoms. The molecule has 1 aliphatic heterocycles. The van der Waals surface area contributed by atoms with Crippen molar-refractivity contribution in [1.82, 2.24) is 0 Å². The summed E-state index contributed by atoms with van der Waals surface area (Å²) < 4.78 is 5.77. The van der Waals surface area contributed by atoms with Crippen molar-refractivity contribution < 1.29 is 20.1 Å². The average molecular weight is 298 g/mol. The van der Waals surface area contributed by atoms with Gasteiger partial charge in [-0.05, 0) is 50.4 Å². The lowest BCUT2D eigenvalue weighted by Gasteiger charge is -2.47. The molecule has 0 amide bonds. The van der Waals surface area contributed by atoms with Crippen LogP contribution in [0, 0.1) is 30.1 Å². The van der Waals surface area contributed by atoms with E-state index in [1.54, 1.807) is 0 Å². The molecule has 0 spiro atoms. The van der Waals surface area contributed by atoms with Crippen molar-refractivity contribution in [2.24, 2.45) is 17.8 Å². The zero-order valence-electron chi connectivity index (χ0n) is 13.3. The number of aliphatic hydroxyl groups excluding tert-OH is 2. The molecular formula is C17H30O4. The van der Waals surface area contributed by atoms with E-state index in [2.05, 4.69) is 13.3 Å². The van der Waals surface area contributed by atoms with Crippen molar-refractivity contribution in [3.8, 4) is 12.3 Å². The van der Waals surface area contributed by atoms with Crippen molar-refractivity contribution in [1.29, 1.82) is 0 Å². The van der Waals surface area contributed by atoms with E-state index in [1.165, 1.54) is 6.42 Å². The molecule has 0 aromatic rings. The highest BCUT2D eigenvalue weighted by atomic mass is 16.5. The molecule has 3 unspecified atom stereocenters. The summed E-state index contributed by atoms with van der Waals surface area (Å²) in [4.78, 5) is 0. The molecule has 0 aromatic heterocycles. The molecule has 4 heteroatoms. The number of fused-ring (bicyclic) bond motifs is 1. The minimum atomic E-state index is -0.703. The number of hydrogen-bond donors (Lipinski definition) is 3. The number of ether oxygens (including phenoxy) is 1. The molecule has 5 atom stereocenters. The largest absolute Gasteiger partial charge is 0.396 e. The van der Waals surface area contributed by atoms with Crippen LogP contribution >= 0.6 is 0 Å². The van der Waals surface area contributed by atoms with Gasteiger partial charge in [-0.15, -0.1) is 6.42 Å². The molecule has 2 fully saturated rings. The van der Waals surface area contributed by atoms with Crippen molar-refractivity contribution >= 4 is 0 Å². The first kappa shape index (κ1) is 18.4. The number of hydrogen-bond acceptors (Lipinski definition) is 4. The van der Waals surface area contributed by atoms with Crippen LogP contribution in [0.4, 0.5) is 0 Å². The molecular weight excluding hydrogens is 268 g/mol. The van der Waals surface area contributed by atoms with Crippen LogP contribution in [0.15, 0.2) is 0 Å². The molecule has 0 radical (unpaired) electrons. The van der Waals surface area contributed by atoms with Gasteiger partial charge in [0.15, 0.2) is 0 Å². The Kier molecular flexibility index (Phi) is 7.69. The molecule has 2 aliphatic rings. The summed E-state index contributed by atoms with van der Waals surface area (Å²) >= 11 is 0. The van der Waals surface area contributed by atoms with Crippen molar-refractivity contribution in [3.05, 3.63) is 0 Å². The lowest BCUT2D eigenvalue weighted by molar-refractivity contribution is -0.152. The molecule has 0 bridgehead atoms. The third-order valence-electron chi connectivity index (χ3n) is 5.00. The minimum absolute atomic E-state index is 0.153. The minimum Gasteiger partial charge on any atom is -0.396 e. The zero-order chi connectivity index (χ0) is 15.9. The van der Waals surface area contributed by atoms with Crippen molar-refractivity contribution in [3.63, 3.8) is 0 Å². The maximum atomic E-state index is 11.0. The molecule has 2 rings (SSSR count). The molecule has 1 aliphatic carbocycles. The number of rotatable bonds is 2. The fraction of sp³-hybridized carbons (Fsp3) is 0.882. The van der Waals surface area contributed by atoms with Gasteiger partial charge in [0.1, 0.15) is 6.61 Å². The predicted octanol–water partition coefficient (Wildman–Crippen LogP) is 1.57. The summed E-state index contributed by atoms with van der Waals surface area (Å²) in [6, 6.07) is 0. The summed E-state index contributed by atoms with van der Waals surface area (Å²) in [5, 5.41) is 28.0. The Hall–Kier alpha value is -0.600. The maximum absolute atomic E-state index is 11.0. The van der Waals surface area contributed by atoms with Gasteiger partial charge in [-0.2, -0.15) is 0 Å². The summed E-state index contributed by atoms with van der Waals surface area (Å²) in [6.45, 7) is 4.59. The summed E-state index contributed by atoms with van der Waals surface area (Å²) in [7, 11) is 0. The second-order valence-corrected chi connectivity index (χ2v) is 6.45. The first-order chi connectivity index (χ1) is 9.99.